The largest absolute Gasteiger partial charge is 1.00 e. The Bertz CT molecular complexity index is 630. The third-order valence-electron chi connectivity index (χ3n) is 5.24. The van der Waals surface area contributed by atoms with Crippen LogP contribution in [0.3, 0.4) is 0 Å². The SMILES string of the molecule is CCC(=O)C(CCN1CCOCC1)(c1ccccc1)c1ccccc1.[Cl-]. The fraction of sp³-hybridized carbons (Fsp3) is 0.409. The Morgan fingerprint density at radius 2 is 1.46 bits per heavy atom. The Morgan fingerprint density at radius 1 is 0.962 bits per heavy atom. The number of halogens is 1. The van der Waals surface area contributed by atoms with Gasteiger partial charge < -0.3 is 17.1 Å². The second kappa shape index (κ2) is 9.86. The van der Waals surface area contributed by atoms with Gasteiger partial charge in [-0.25, -0.2) is 0 Å². The van der Waals surface area contributed by atoms with Crippen LogP contribution in [-0.4, -0.2) is 43.5 Å². The van der Waals surface area contributed by atoms with Crippen molar-refractivity contribution in [1.82, 2.24) is 4.90 Å². The summed E-state index contributed by atoms with van der Waals surface area (Å²) in [5, 5.41) is 0. The average Bonchev–Trinajstić information content (AvgIpc) is 2.70. The molecule has 0 radical (unpaired) electrons. The number of nitrogens with zero attached hydrogens (tertiary/aromatic N) is 1. The summed E-state index contributed by atoms with van der Waals surface area (Å²) < 4.78 is 5.46. The van der Waals surface area contributed by atoms with Gasteiger partial charge in [0.2, 0.25) is 0 Å². The predicted octanol–water partition coefficient (Wildman–Crippen LogP) is 0.678. The number of ether oxygens (including phenoxy) is 1. The number of hydrogen-bond donors (Lipinski definition) is 0. The van der Waals surface area contributed by atoms with E-state index in [1.54, 1.807) is 0 Å². The normalized spacial score (nSPS) is 15.3. The lowest BCUT2D eigenvalue weighted by molar-refractivity contribution is -0.123. The minimum Gasteiger partial charge on any atom is -1.00 e. The molecule has 0 saturated carbocycles. The molecule has 0 aliphatic carbocycles. The van der Waals surface area contributed by atoms with Crippen molar-refractivity contribution in [1.29, 1.82) is 0 Å². The number of ketones is 1. The molecular weight excluding hydrogens is 346 g/mol. The maximum atomic E-state index is 13.3. The van der Waals surface area contributed by atoms with Crippen LogP contribution < -0.4 is 12.4 Å². The molecular formula is C22H27ClNO2-. The first kappa shape index (κ1) is 20.6. The van der Waals surface area contributed by atoms with Gasteiger partial charge in [-0.1, -0.05) is 67.6 Å². The third kappa shape index (κ3) is 4.35. The van der Waals surface area contributed by atoms with Gasteiger partial charge in [-0.15, -0.1) is 0 Å². The number of carbonyl (C=O) groups excluding carboxylic acids is 1. The average molecular weight is 373 g/mol. The molecule has 0 bridgehead atoms. The van der Waals surface area contributed by atoms with Crippen LogP contribution in [0.2, 0.25) is 0 Å². The van der Waals surface area contributed by atoms with E-state index in [2.05, 4.69) is 29.2 Å². The molecule has 1 saturated heterocycles. The van der Waals surface area contributed by atoms with E-state index in [9.17, 15) is 4.79 Å². The van der Waals surface area contributed by atoms with E-state index >= 15 is 0 Å². The monoisotopic (exact) mass is 372 g/mol. The fourth-order valence-corrected chi connectivity index (χ4v) is 3.81. The molecule has 1 aliphatic rings. The van der Waals surface area contributed by atoms with Crippen molar-refractivity contribution in [3.05, 3.63) is 71.8 Å². The Balaban J connectivity index is 0.00000243. The second-order valence-corrected chi connectivity index (χ2v) is 6.62. The van der Waals surface area contributed by atoms with Crippen molar-refractivity contribution in [3.8, 4) is 0 Å². The lowest BCUT2D eigenvalue weighted by Crippen LogP contribution is -3.00. The Kier molecular flexibility index (Phi) is 7.83. The molecule has 2 aromatic rings. The Labute approximate surface area is 162 Å². The second-order valence-electron chi connectivity index (χ2n) is 6.62. The molecule has 2 aromatic carbocycles. The number of hydrogen-bond acceptors (Lipinski definition) is 3. The number of Topliss-reactive ketones (excluding diaryl/α,β-unsaturated/α-hetero) is 1. The highest BCUT2D eigenvalue weighted by atomic mass is 35.5. The number of rotatable bonds is 7. The number of carbonyl (C=O) groups is 1. The zero-order valence-corrected chi connectivity index (χ0v) is 16.1. The highest BCUT2D eigenvalue weighted by Crippen LogP contribution is 2.38. The van der Waals surface area contributed by atoms with Crippen LogP contribution in [0.5, 0.6) is 0 Å². The maximum absolute atomic E-state index is 13.3. The van der Waals surface area contributed by atoms with Crippen LogP contribution in [0.1, 0.15) is 30.9 Å². The summed E-state index contributed by atoms with van der Waals surface area (Å²) in [6, 6.07) is 20.5. The maximum Gasteiger partial charge on any atom is 0.147 e. The van der Waals surface area contributed by atoms with E-state index in [1.807, 2.05) is 43.3 Å². The van der Waals surface area contributed by atoms with Crippen LogP contribution in [0, 0.1) is 0 Å². The van der Waals surface area contributed by atoms with Gasteiger partial charge in [-0.05, 0) is 24.1 Å². The molecule has 26 heavy (non-hydrogen) atoms. The van der Waals surface area contributed by atoms with Crippen molar-refractivity contribution in [2.24, 2.45) is 0 Å². The van der Waals surface area contributed by atoms with Gasteiger partial charge in [0, 0.05) is 19.5 Å². The molecule has 1 aliphatic heterocycles. The molecule has 3 nitrogen and oxygen atoms in total. The molecule has 1 heterocycles. The molecule has 0 atom stereocenters. The predicted molar refractivity (Wildman–Crippen MR) is 101 cm³/mol. The summed E-state index contributed by atoms with van der Waals surface area (Å²) in [7, 11) is 0. The fourth-order valence-electron chi connectivity index (χ4n) is 3.81. The molecule has 140 valence electrons. The van der Waals surface area contributed by atoms with Crippen LogP contribution in [0.4, 0.5) is 0 Å². The topological polar surface area (TPSA) is 29.5 Å². The Morgan fingerprint density at radius 3 is 1.92 bits per heavy atom. The molecule has 0 N–H and O–H groups in total. The zero-order chi connectivity index (χ0) is 17.5. The van der Waals surface area contributed by atoms with Crippen molar-refractivity contribution >= 4 is 5.78 Å². The minimum absolute atomic E-state index is 0. The van der Waals surface area contributed by atoms with Crippen LogP contribution in [0.15, 0.2) is 60.7 Å². The number of benzene rings is 2. The van der Waals surface area contributed by atoms with E-state index in [1.165, 1.54) is 0 Å². The summed E-state index contributed by atoms with van der Waals surface area (Å²) in [5.74, 6) is 0.290. The van der Waals surface area contributed by atoms with Gasteiger partial charge in [0.1, 0.15) is 5.78 Å². The molecule has 4 heteroatoms. The van der Waals surface area contributed by atoms with Gasteiger partial charge >= 0.3 is 0 Å². The third-order valence-corrected chi connectivity index (χ3v) is 5.24. The van der Waals surface area contributed by atoms with E-state index < -0.39 is 5.41 Å². The Hall–Kier alpha value is -1.68. The van der Waals surface area contributed by atoms with Crippen LogP contribution in [-0.2, 0) is 14.9 Å². The summed E-state index contributed by atoms with van der Waals surface area (Å²) in [4.78, 5) is 15.7. The van der Waals surface area contributed by atoms with Crippen molar-refractivity contribution in [2.45, 2.75) is 25.2 Å². The van der Waals surface area contributed by atoms with E-state index in [4.69, 9.17) is 4.74 Å². The molecule has 1 fully saturated rings. The first-order chi connectivity index (χ1) is 12.3. The summed E-state index contributed by atoms with van der Waals surface area (Å²) in [5.41, 5.74) is 1.62. The quantitative estimate of drug-likeness (QED) is 0.715. The highest BCUT2D eigenvalue weighted by molar-refractivity contribution is 5.93. The standard InChI is InChI=1S/C22H27NO2.ClH/c1-2-21(24)22(19-9-5-3-6-10-19,20-11-7-4-8-12-20)13-14-23-15-17-25-18-16-23;/h3-12H,2,13-18H2,1H3;1H/p-1. The first-order valence-corrected chi connectivity index (χ1v) is 9.22. The summed E-state index contributed by atoms with van der Waals surface area (Å²) in [6.45, 7) is 6.33. The lowest BCUT2D eigenvalue weighted by atomic mass is 9.68. The van der Waals surface area contributed by atoms with Gasteiger partial charge in [-0.2, -0.15) is 0 Å². The molecule has 3 rings (SSSR count). The lowest BCUT2D eigenvalue weighted by Gasteiger charge is -2.36. The van der Waals surface area contributed by atoms with Crippen molar-refractivity contribution < 1.29 is 21.9 Å². The highest BCUT2D eigenvalue weighted by Gasteiger charge is 2.40. The summed E-state index contributed by atoms with van der Waals surface area (Å²) in [6.07, 6.45) is 1.33. The van der Waals surface area contributed by atoms with Crippen molar-refractivity contribution in [2.75, 3.05) is 32.8 Å². The van der Waals surface area contributed by atoms with E-state index in [-0.39, 0.29) is 18.2 Å². The minimum atomic E-state index is -0.574. The molecule has 0 spiro atoms. The first-order valence-electron chi connectivity index (χ1n) is 9.22. The van der Waals surface area contributed by atoms with Gasteiger partial charge in [0.15, 0.2) is 0 Å². The van der Waals surface area contributed by atoms with Gasteiger partial charge in [0.05, 0.1) is 18.6 Å². The van der Waals surface area contributed by atoms with Crippen LogP contribution >= 0.6 is 0 Å². The van der Waals surface area contributed by atoms with Crippen LogP contribution in [0.25, 0.3) is 0 Å². The summed E-state index contributed by atoms with van der Waals surface area (Å²) >= 11 is 0. The van der Waals surface area contributed by atoms with Gasteiger partial charge in [0.25, 0.3) is 0 Å². The number of morpholine rings is 1. The van der Waals surface area contributed by atoms with E-state index in [0.29, 0.717) is 6.42 Å². The smallest absolute Gasteiger partial charge is 0.147 e. The molecule has 0 amide bonds. The van der Waals surface area contributed by atoms with Gasteiger partial charge in [-0.3, -0.25) is 9.69 Å². The molecule has 0 unspecified atom stereocenters. The zero-order valence-electron chi connectivity index (χ0n) is 15.4. The van der Waals surface area contributed by atoms with E-state index in [0.717, 1.165) is 50.4 Å². The molecule has 0 aromatic heterocycles. The van der Waals surface area contributed by atoms with Crippen molar-refractivity contribution in [3.63, 3.8) is 0 Å².